The molecule has 172 valence electrons. The second-order valence-electron chi connectivity index (χ2n) is 7.36. The Morgan fingerprint density at radius 1 is 0.912 bits per heavy atom. The van der Waals surface area contributed by atoms with Crippen LogP contribution in [0.1, 0.15) is 15.9 Å². The van der Waals surface area contributed by atoms with Crippen LogP contribution in [0.15, 0.2) is 88.1 Å². The standard InChI is InChI=1S/C26H20ClNO6/c27-19-7-10-20(11-8-19)32-16-24(29)33-21-9-6-18-14-22(26(31)34-23(18)15-21)25(30)28-13-12-17-4-2-1-3-5-17/h1-11,14-15H,12-13,16H2,(H,28,30). The van der Waals surface area contributed by atoms with Crippen molar-refractivity contribution >= 4 is 34.4 Å². The minimum absolute atomic E-state index is 0.0957. The van der Waals surface area contributed by atoms with Crippen LogP contribution >= 0.6 is 11.6 Å². The molecule has 0 radical (unpaired) electrons. The topological polar surface area (TPSA) is 94.8 Å². The number of hydrogen-bond donors (Lipinski definition) is 1. The number of rotatable bonds is 8. The molecule has 0 unspecified atom stereocenters. The van der Waals surface area contributed by atoms with Crippen molar-refractivity contribution in [2.45, 2.75) is 6.42 Å². The number of esters is 1. The van der Waals surface area contributed by atoms with Crippen molar-refractivity contribution in [2.75, 3.05) is 13.2 Å². The van der Waals surface area contributed by atoms with E-state index in [0.29, 0.717) is 29.1 Å². The van der Waals surface area contributed by atoms with Crippen LogP contribution in [0, 0.1) is 0 Å². The lowest BCUT2D eigenvalue weighted by Gasteiger charge is -2.08. The van der Waals surface area contributed by atoms with Crippen LogP contribution in [0.5, 0.6) is 11.5 Å². The van der Waals surface area contributed by atoms with Gasteiger partial charge in [-0.2, -0.15) is 0 Å². The maximum absolute atomic E-state index is 12.5. The lowest BCUT2D eigenvalue weighted by molar-refractivity contribution is -0.136. The van der Waals surface area contributed by atoms with Crippen molar-refractivity contribution in [3.8, 4) is 11.5 Å². The van der Waals surface area contributed by atoms with Crippen LogP contribution in [0.2, 0.25) is 5.02 Å². The highest BCUT2D eigenvalue weighted by atomic mass is 35.5. The molecule has 0 saturated heterocycles. The SMILES string of the molecule is O=C(COc1ccc(Cl)cc1)Oc1ccc2cc(C(=O)NCCc3ccccc3)c(=O)oc2c1. The number of carbonyl (C=O) groups is 2. The van der Waals surface area contributed by atoms with Crippen molar-refractivity contribution < 1.29 is 23.5 Å². The van der Waals surface area contributed by atoms with Gasteiger partial charge in [0.25, 0.3) is 5.91 Å². The minimum Gasteiger partial charge on any atom is -0.482 e. The predicted molar refractivity (Wildman–Crippen MR) is 128 cm³/mol. The summed E-state index contributed by atoms with van der Waals surface area (Å²) >= 11 is 5.81. The fourth-order valence-electron chi connectivity index (χ4n) is 3.21. The van der Waals surface area contributed by atoms with E-state index in [-0.39, 0.29) is 23.5 Å². The van der Waals surface area contributed by atoms with E-state index in [4.69, 9.17) is 25.5 Å². The summed E-state index contributed by atoms with van der Waals surface area (Å²) in [5, 5.41) is 3.81. The lowest BCUT2D eigenvalue weighted by atomic mass is 10.1. The third kappa shape index (κ3) is 6.02. The number of fused-ring (bicyclic) bond motifs is 1. The van der Waals surface area contributed by atoms with Crippen LogP contribution < -0.4 is 20.4 Å². The van der Waals surface area contributed by atoms with Crippen molar-refractivity contribution in [1.29, 1.82) is 0 Å². The first-order valence-electron chi connectivity index (χ1n) is 10.5. The van der Waals surface area contributed by atoms with Crippen molar-refractivity contribution in [1.82, 2.24) is 5.32 Å². The van der Waals surface area contributed by atoms with Gasteiger partial charge in [-0.3, -0.25) is 4.79 Å². The lowest BCUT2D eigenvalue weighted by Crippen LogP contribution is -2.29. The molecular weight excluding hydrogens is 458 g/mol. The van der Waals surface area contributed by atoms with Crippen LogP contribution in [-0.4, -0.2) is 25.0 Å². The van der Waals surface area contributed by atoms with Gasteiger partial charge in [0.15, 0.2) is 6.61 Å². The minimum atomic E-state index is -0.778. The first-order valence-corrected chi connectivity index (χ1v) is 10.8. The second kappa shape index (κ2) is 10.7. The first-order chi connectivity index (χ1) is 16.5. The molecule has 0 spiro atoms. The van der Waals surface area contributed by atoms with Gasteiger partial charge in [0, 0.05) is 23.0 Å². The fraction of sp³-hybridized carbons (Fsp3) is 0.115. The van der Waals surface area contributed by atoms with Crippen molar-refractivity contribution in [3.05, 3.63) is 105 Å². The highest BCUT2D eigenvalue weighted by molar-refractivity contribution is 6.30. The number of hydrogen-bond acceptors (Lipinski definition) is 6. The van der Waals surface area contributed by atoms with Crippen molar-refractivity contribution in [2.24, 2.45) is 0 Å². The van der Waals surface area contributed by atoms with Gasteiger partial charge in [0.2, 0.25) is 0 Å². The van der Waals surface area contributed by atoms with E-state index in [9.17, 15) is 14.4 Å². The van der Waals surface area contributed by atoms with Gasteiger partial charge in [0.05, 0.1) is 0 Å². The molecule has 0 aliphatic rings. The summed E-state index contributed by atoms with van der Waals surface area (Å²) in [6.45, 7) is 0.0685. The highest BCUT2D eigenvalue weighted by Gasteiger charge is 2.15. The van der Waals surface area contributed by atoms with E-state index < -0.39 is 17.5 Å². The molecule has 3 aromatic carbocycles. The quantitative estimate of drug-likeness (QED) is 0.229. The molecule has 1 aromatic heterocycles. The summed E-state index contributed by atoms with van der Waals surface area (Å²) in [6, 6.07) is 22.3. The zero-order chi connectivity index (χ0) is 23.9. The number of benzene rings is 3. The Labute approximate surface area is 199 Å². The highest BCUT2D eigenvalue weighted by Crippen LogP contribution is 2.21. The molecular formula is C26H20ClNO6. The summed E-state index contributed by atoms with van der Waals surface area (Å²) in [4.78, 5) is 36.9. The van der Waals surface area contributed by atoms with Gasteiger partial charge in [0.1, 0.15) is 22.6 Å². The van der Waals surface area contributed by atoms with E-state index >= 15 is 0 Å². The fourth-order valence-corrected chi connectivity index (χ4v) is 3.33. The normalized spacial score (nSPS) is 10.6. The Bertz CT molecular complexity index is 1370. The molecule has 4 aromatic rings. The molecule has 1 heterocycles. The molecule has 4 rings (SSSR count). The van der Waals surface area contributed by atoms with Crippen molar-refractivity contribution in [3.63, 3.8) is 0 Å². The molecule has 0 aliphatic carbocycles. The summed E-state index contributed by atoms with van der Waals surface area (Å²) < 4.78 is 15.9. The van der Waals surface area contributed by atoms with E-state index in [1.54, 1.807) is 36.4 Å². The molecule has 0 bridgehead atoms. The third-order valence-corrected chi connectivity index (χ3v) is 5.15. The van der Waals surface area contributed by atoms with Gasteiger partial charge >= 0.3 is 11.6 Å². The van der Waals surface area contributed by atoms with Gasteiger partial charge in [-0.15, -0.1) is 0 Å². The summed E-state index contributed by atoms with van der Waals surface area (Å²) in [7, 11) is 0. The molecule has 0 fully saturated rings. The average molecular weight is 478 g/mol. The number of carbonyl (C=O) groups excluding carboxylic acids is 2. The number of nitrogens with one attached hydrogen (secondary N) is 1. The van der Waals surface area contributed by atoms with Gasteiger partial charge < -0.3 is 19.2 Å². The van der Waals surface area contributed by atoms with Crippen LogP contribution in [0.4, 0.5) is 0 Å². The molecule has 0 atom stereocenters. The van der Waals surface area contributed by atoms with Gasteiger partial charge in [-0.25, -0.2) is 9.59 Å². The summed E-state index contributed by atoms with van der Waals surface area (Å²) in [5.74, 6) is -0.492. The van der Waals surface area contributed by atoms with E-state index in [1.165, 1.54) is 12.1 Å². The maximum atomic E-state index is 12.5. The molecule has 0 saturated carbocycles. The molecule has 7 nitrogen and oxygen atoms in total. The van der Waals surface area contributed by atoms with Crippen LogP contribution in [0.3, 0.4) is 0 Å². The molecule has 1 N–H and O–H groups in total. The second-order valence-corrected chi connectivity index (χ2v) is 7.79. The summed E-state index contributed by atoms with van der Waals surface area (Å²) in [5.41, 5.74) is 0.393. The monoisotopic (exact) mass is 477 g/mol. The molecule has 0 aliphatic heterocycles. The Kier molecular flexibility index (Phi) is 7.25. The maximum Gasteiger partial charge on any atom is 0.349 e. The number of amides is 1. The number of ether oxygens (including phenoxy) is 2. The van der Waals surface area contributed by atoms with Crippen LogP contribution in [0.25, 0.3) is 11.0 Å². The van der Waals surface area contributed by atoms with Gasteiger partial charge in [-0.05, 0) is 54.4 Å². The zero-order valence-electron chi connectivity index (χ0n) is 18.0. The van der Waals surface area contributed by atoms with E-state index in [2.05, 4.69) is 5.32 Å². The molecule has 1 amide bonds. The Hall–Kier alpha value is -4.10. The number of halogens is 1. The predicted octanol–water partition coefficient (Wildman–Crippen LogP) is 4.40. The van der Waals surface area contributed by atoms with Crippen LogP contribution in [-0.2, 0) is 11.2 Å². The first kappa shape index (κ1) is 23.1. The molecule has 34 heavy (non-hydrogen) atoms. The molecule has 8 heteroatoms. The average Bonchev–Trinajstić information content (AvgIpc) is 2.84. The Morgan fingerprint density at radius 3 is 2.41 bits per heavy atom. The Balaban J connectivity index is 1.37. The third-order valence-electron chi connectivity index (χ3n) is 4.90. The van der Waals surface area contributed by atoms with Gasteiger partial charge in [-0.1, -0.05) is 41.9 Å². The van der Waals surface area contributed by atoms with E-state index in [0.717, 1.165) is 5.56 Å². The zero-order valence-corrected chi connectivity index (χ0v) is 18.7. The summed E-state index contributed by atoms with van der Waals surface area (Å²) in [6.07, 6.45) is 0.641. The van der Waals surface area contributed by atoms with E-state index in [1.807, 2.05) is 30.3 Å². The smallest absolute Gasteiger partial charge is 0.349 e. The Morgan fingerprint density at radius 2 is 1.65 bits per heavy atom. The largest absolute Gasteiger partial charge is 0.482 e.